The highest BCUT2D eigenvalue weighted by molar-refractivity contribution is 5.95. The summed E-state index contributed by atoms with van der Waals surface area (Å²) in [4.78, 5) is 14.8. The number of para-hydroxylation sites is 1. The molecule has 0 saturated carbocycles. The number of aromatic nitrogens is 5. The lowest BCUT2D eigenvalue weighted by Crippen LogP contribution is -2.51. The van der Waals surface area contributed by atoms with Crippen LogP contribution in [0.1, 0.15) is 22.1 Å². The lowest BCUT2D eigenvalue weighted by atomic mass is 10.1. The molecule has 1 fully saturated rings. The number of likely N-dealkylation sites (tertiary alicyclic amines) is 1. The van der Waals surface area contributed by atoms with E-state index in [1.54, 1.807) is 10.9 Å². The Kier molecular flexibility index (Phi) is 4.20. The lowest BCUT2D eigenvalue weighted by Gasteiger charge is -2.38. The summed E-state index contributed by atoms with van der Waals surface area (Å²) in [6, 6.07) is 19.9. The van der Waals surface area contributed by atoms with Gasteiger partial charge in [0.1, 0.15) is 5.69 Å². The van der Waals surface area contributed by atoms with Crippen LogP contribution in [0.4, 0.5) is 0 Å². The van der Waals surface area contributed by atoms with Crippen LogP contribution in [0.2, 0.25) is 0 Å². The maximum Gasteiger partial charge on any atom is 0.257 e. The molecular formula is C22H20N6O. The topological polar surface area (TPSA) is 68.8 Å². The summed E-state index contributed by atoms with van der Waals surface area (Å²) in [7, 11) is 0. The van der Waals surface area contributed by atoms with Crippen molar-refractivity contribution in [1.29, 1.82) is 0 Å². The molecule has 0 aliphatic carbocycles. The van der Waals surface area contributed by atoms with Crippen molar-refractivity contribution in [3.8, 4) is 16.9 Å². The van der Waals surface area contributed by atoms with Crippen molar-refractivity contribution >= 4 is 5.91 Å². The van der Waals surface area contributed by atoms with E-state index < -0.39 is 0 Å². The van der Waals surface area contributed by atoms with Crippen molar-refractivity contribution in [1.82, 2.24) is 29.7 Å². The molecule has 1 saturated heterocycles. The van der Waals surface area contributed by atoms with Crippen molar-refractivity contribution in [3.05, 3.63) is 84.3 Å². The molecule has 0 N–H and O–H groups in total. The van der Waals surface area contributed by atoms with Crippen molar-refractivity contribution in [2.24, 2.45) is 0 Å². The fraction of sp³-hybridized carbons (Fsp3) is 0.182. The lowest BCUT2D eigenvalue weighted by molar-refractivity contribution is 0.0497. The Labute approximate surface area is 168 Å². The summed E-state index contributed by atoms with van der Waals surface area (Å²) in [5, 5.41) is 12.9. The van der Waals surface area contributed by atoms with E-state index in [9.17, 15) is 4.79 Å². The zero-order valence-corrected chi connectivity index (χ0v) is 16.0. The molecule has 2 aromatic heterocycles. The molecule has 1 aliphatic rings. The minimum Gasteiger partial charge on any atom is -0.334 e. The molecule has 1 amide bonds. The zero-order chi connectivity index (χ0) is 19.8. The Balaban J connectivity index is 1.28. The second-order valence-electron chi connectivity index (χ2n) is 7.20. The Hall–Kier alpha value is -3.74. The molecule has 2 aromatic carbocycles. The molecule has 29 heavy (non-hydrogen) atoms. The van der Waals surface area contributed by atoms with Crippen molar-refractivity contribution in [2.45, 2.75) is 13.0 Å². The van der Waals surface area contributed by atoms with E-state index in [0.29, 0.717) is 18.7 Å². The largest absolute Gasteiger partial charge is 0.334 e. The van der Waals surface area contributed by atoms with Crippen molar-refractivity contribution in [2.75, 3.05) is 13.1 Å². The van der Waals surface area contributed by atoms with Gasteiger partial charge >= 0.3 is 0 Å². The minimum atomic E-state index is 0.00401. The van der Waals surface area contributed by atoms with E-state index in [0.717, 1.165) is 22.6 Å². The van der Waals surface area contributed by atoms with Gasteiger partial charge in [0, 0.05) is 18.7 Å². The number of amides is 1. The van der Waals surface area contributed by atoms with Gasteiger partial charge in [-0.1, -0.05) is 53.7 Å². The molecule has 0 bridgehead atoms. The SMILES string of the molecule is Cc1c(C(=O)N2CC(n3cc(-c4ccccc4)nn3)C2)cnn1-c1ccccc1. The van der Waals surface area contributed by atoms with E-state index >= 15 is 0 Å². The van der Waals surface area contributed by atoms with Gasteiger partial charge in [-0.3, -0.25) is 4.79 Å². The first kappa shape index (κ1) is 17.4. The molecule has 0 radical (unpaired) electrons. The maximum atomic E-state index is 12.9. The first-order valence-electron chi connectivity index (χ1n) is 9.57. The molecule has 0 atom stereocenters. The standard InChI is InChI=1S/C22H20N6O/c1-16-20(12-23-28(16)18-10-6-3-7-11-18)22(29)26-13-19(14-26)27-15-21(24-25-27)17-8-4-2-5-9-17/h2-12,15,19H,13-14H2,1H3. The van der Waals surface area contributed by atoms with Gasteiger partial charge in [0.05, 0.1) is 35.4 Å². The van der Waals surface area contributed by atoms with Crippen LogP contribution in [-0.2, 0) is 0 Å². The Morgan fingerprint density at radius 3 is 2.41 bits per heavy atom. The molecule has 3 heterocycles. The molecule has 7 nitrogen and oxygen atoms in total. The van der Waals surface area contributed by atoms with Gasteiger partial charge < -0.3 is 4.90 Å². The molecular weight excluding hydrogens is 364 g/mol. The third-order valence-corrected chi connectivity index (χ3v) is 5.34. The van der Waals surface area contributed by atoms with E-state index in [-0.39, 0.29) is 11.9 Å². The highest BCUT2D eigenvalue weighted by Crippen LogP contribution is 2.26. The van der Waals surface area contributed by atoms with Crippen LogP contribution in [-0.4, -0.2) is 48.7 Å². The van der Waals surface area contributed by atoms with Gasteiger partial charge in [-0.15, -0.1) is 5.10 Å². The fourth-order valence-electron chi connectivity index (χ4n) is 3.60. The second-order valence-corrected chi connectivity index (χ2v) is 7.20. The monoisotopic (exact) mass is 384 g/mol. The highest BCUT2D eigenvalue weighted by Gasteiger charge is 2.34. The van der Waals surface area contributed by atoms with E-state index in [1.165, 1.54) is 0 Å². The van der Waals surface area contributed by atoms with Gasteiger partial charge in [0.15, 0.2) is 0 Å². The Morgan fingerprint density at radius 1 is 1.00 bits per heavy atom. The van der Waals surface area contributed by atoms with Crippen LogP contribution in [0, 0.1) is 6.92 Å². The van der Waals surface area contributed by atoms with Gasteiger partial charge in [-0.25, -0.2) is 9.36 Å². The van der Waals surface area contributed by atoms with Crippen LogP contribution in [0.5, 0.6) is 0 Å². The molecule has 7 heteroatoms. The predicted octanol–water partition coefficient (Wildman–Crippen LogP) is 3.14. The number of nitrogens with zero attached hydrogens (tertiary/aromatic N) is 6. The normalized spacial score (nSPS) is 14.0. The first-order valence-corrected chi connectivity index (χ1v) is 9.57. The molecule has 4 aromatic rings. The molecule has 0 spiro atoms. The van der Waals surface area contributed by atoms with Crippen LogP contribution < -0.4 is 0 Å². The van der Waals surface area contributed by atoms with Gasteiger partial charge in [0.25, 0.3) is 5.91 Å². The van der Waals surface area contributed by atoms with Crippen LogP contribution in [0.3, 0.4) is 0 Å². The number of rotatable bonds is 4. The van der Waals surface area contributed by atoms with Gasteiger partial charge in [0.2, 0.25) is 0 Å². The second kappa shape index (κ2) is 7.01. The summed E-state index contributed by atoms with van der Waals surface area (Å²) in [5.74, 6) is 0.00401. The Morgan fingerprint density at radius 2 is 1.69 bits per heavy atom. The van der Waals surface area contributed by atoms with Crippen molar-refractivity contribution in [3.63, 3.8) is 0 Å². The van der Waals surface area contributed by atoms with Crippen LogP contribution in [0.25, 0.3) is 16.9 Å². The molecule has 1 aliphatic heterocycles. The van der Waals surface area contributed by atoms with E-state index in [4.69, 9.17) is 0 Å². The summed E-state index contributed by atoms with van der Waals surface area (Å²) >= 11 is 0. The summed E-state index contributed by atoms with van der Waals surface area (Å²) in [6.45, 7) is 3.16. The van der Waals surface area contributed by atoms with Crippen LogP contribution >= 0.6 is 0 Å². The number of benzene rings is 2. The number of hydrogen-bond donors (Lipinski definition) is 0. The number of hydrogen-bond acceptors (Lipinski definition) is 4. The van der Waals surface area contributed by atoms with Crippen LogP contribution in [0.15, 0.2) is 73.1 Å². The predicted molar refractivity (Wildman–Crippen MR) is 109 cm³/mol. The van der Waals surface area contributed by atoms with Gasteiger partial charge in [-0.2, -0.15) is 5.10 Å². The molecule has 144 valence electrons. The van der Waals surface area contributed by atoms with Gasteiger partial charge in [-0.05, 0) is 19.1 Å². The average molecular weight is 384 g/mol. The number of carbonyl (C=O) groups is 1. The summed E-state index contributed by atoms with van der Waals surface area (Å²) < 4.78 is 3.65. The zero-order valence-electron chi connectivity index (χ0n) is 16.0. The van der Waals surface area contributed by atoms with E-state index in [2.05, 4.69) is 15.4 Å². The summed E-state index contributed by atoms with van der Waals surface area (Å²) in [5.41, 5.74) is 4.31. The van der Waals surface area contributed by atoms with Crippen molar-refractivity contribution < 1.29 is 4.79 Å². The molecule has 5 rings (SSSR count). The highest BCUT2D eigenvalue weighted by atomic mass is 16.2. The maximum absolute atomic E-state index is 12.9. The minimum absolute atomic E-state index is 0.00401. The smallest absolute Gasteiger partial charge is 0.257 e. The van der Waals surface area contributed by atoms with E-state index in [1.807, 2.05) is 83.4 Å². The third-order valence-electron chi connectivity index (χ3n) is 5.34. The summed E-state index contributed by atoms with van der Waals surface area (Å²) in [6.07, 6.45) is 3.60. The number of carbonyl (C=O) groups excluding carboxylic acids is 1. The molecule has 0 unspecified atom stereocenters. The quantitative estimate of drug-likeness (QED) is 0.542. The first-order chi connectivity index (χ1) is 14.2. The average Bonchev–Trinajstić information content (AvgIpc) is 3.35. The fourth-order valence-corrected chi connectivity index (χ4v) is 3.60. The Bertz CT molecular complexity index is 1140. The third kappa shape index (κ3) is 3.10.